The van der Waals surface area contributed by atoms with Crippen LogP contribution in [0.5, 0.6) is 0 Å². The molecule has 0 spiro atoms. The van der Waals surface area contributed by atoms with Crippen molar-refractivity contribution in [2.45, 2.75) is 56.7 Å². The molecule has 114 valence electrons. The molecule has 8 nitrogen and oxygen atoms in total. The molecule has 2 bridgehead atoms. The third-order valence-corrected chi connectivity index (χ3v) is 4.18. The van der Waals surface area contributed by atoms with E-state index in [9.17, 15) is 14.7 Å². The third kappa shape index (κ3) is 1.83. The number of aliphatic hydroxyl groups excluding tert-OH is 1. The number of rotatable bonds is 0. The van der Waals surface area contributed by atoms with E-state index in [1.54, 1.807) is 13.8 Å². The quantitative estimate of drug-likeness (QED) is 0.662. The van der Waals surface area contributed by atoms with Gasteiger partial charge in [-0.1, -0.05) is 0 Å². The SMILES string of the molecule is CC1(C)O[C@@H]2[C@H](O1)[C@H]1C[C@H](O)c3cc(=O)[nH]c(=O)n3[C@@H]2O1. The zero-order valence-electron chi connectivity index (χ0n) is 11.6. The Morgan fingerprint density at radius 1 is 1.33 bits per heavy atom. The molecule has 0 aliphatic carbocycles. The molecule has 21 heavy (non-hydrogen) atoms. The van der Waals surface area contributed by atoms with Crippen LogP contribution in [0.4, 0.5) is 0 Å². The van der Waals surface area contributed by atoms with Crippen LogP contribution in [0, 0.1) is 0 Å². The summed E-state index contributed by atoms with van der Waals surface area (Å²) in [4.78, 5) is 25.8. The molecule has 2 N–H and O–H groups in total. The maximum Gasteiger partial charge on any atom is 0.330 e. The standard InChI is InChI=1S/C13H16N2O6/c1-13(2)20-9-7-4-6(16)5-3-8(17)14-12(18)15(5)11(19-7)10(9)21-13/h3,6-7,9-11,16H,4H2,1-2H3,(H,14,17,18)/t6-,7+,9+,10+,11+/m0/s1. The van der Waals surface area contributed by atoms with E-state index in [2.05, 4.69) is 4.98 Å². The summed E-state index contributed by atoms with van der Waals surface area (Å²) < 4.78 is 18.8. The van der Waals surface area contributed by atoms with Crippen molar-refractivity contribution in [3.05, 3.63) is 32.6 Å². The Bertz CT molecular complexity index is 707. The van der Waals surface area contributed by atoms with Gasteiger partial charge in [0.15, 0.2) is 12.0 Å². The lowest BCUT2D eigenvalue weighted by Crippen LogP contribution is -2.40. The Hall–Kier alpha value is -1.48. The number of aromatic amines is 1. The minimum Gasteiger partial charge on any atom is -0.387 e. The average Bonchev–Trinajstić information content (AvgIpc) is 2.77. The van der Waals surface area contributed by atoms with E-state index >= 15 is 0 Å². The molecule has 8 heteroatoms. The van der Waals surface area contributed by atoms with Crippen molar-refractivity contribution in [1.82, 2.24) is 9.55 Å². The Labute approximate surface area is 119 Å². The molecule has 1 aromatic rings. The molecule has 0 saturated carbocycles. The molecule has 4 heterocycles. The number of aliphatic hydroxyl groups is 1. The zero-order chi connectivity index (χ0) is 14.9. The predicted octanol–water partition coefficient (Wildman–Crippen LogP) is -0.609. The van der Waals surface area contributed by atoms with Gasteiger partial charge in [0.2, 0.25) is 0 Å². The van der Waals surface area contributed by atoms with Gasteiger partial charge in [0.1, 0.15) is 12.2 Å². The molecule has 5 atom stereocenters. The van der Waals surface area contributed by atoms with E-state index in [4.69, 9.17) is 14.2 Å². The number of fused-ring (bicyclic) bond motifs is 7. The normalized spacial score (nSPS) is 39.7. The first-order valence-corrected chi connectivity index (χ1v) is 6.91. The van der Waals surface area contributed by atoms with Gasteiger partial charge in [-0.05, 0) is 13.8 Å². The first-order chi connectivity index (χ1) is 9.85. The van der Waals surface area contributed by atoms with Crippen LogP contribution in [0.15, 0.2) is 15.7 Å². The van der Waals surface area contributed by atoms with Crippen LogP contribution in [-0.2, 0) is 14.2 Å². The largest absolute Gasteiger partial charge is 0.387 e. The topological polar surface area (TPSA) is 103 Å². The molecule has 0 amide bonds. The minimum atomic E-state index is -0.955. The zero-order valence-corrected chi connectivity index (χ0v) is 11.6. The second-order valence-corrected chi connectivity index (χ2v) is 6.11. The molecule has 2 saturated heterocycles. The number of hydrogen-bond donors (Lipinski definition) is 2. The molecule has 1 aromatic heterocycles. The highest BCUT2D eigenvalue weighted by Gasteiger charge is 2.58. The Balaban J connectivity index is 1.89. The maximum atomic E-state index is 12.1. The summed E-state index contributed by atoms with van der Waals surface area (Å²) in [5.74, 6) is -0.767. The Kier molecular flexibility index (Phi) is 2.54. The van der Waals surface area contributed by atoms with Gasteiger partial charge in [-0.3, -0.25) is 14.3 Å². The fourth-order valence-electron chi connectivity index (χ4n) is 3.44. The molecule has 0 aromatic carbocycles. The minimum absolute atomic E-state index is 0.250. The van der Waals surface area contributed by atoms with Gasteiger partial charge in [0.05, 0.1) is 17.9 Å². The van der Waals surface area contributed by atoms with Gasteiger partial charge >= 0.3 is 5.69 Å². The average molecular weight is 296 g/mol. The summed E-state index contributed by atoms with van der Waals surface area (Å²) >= 11 is 0. The monoisotopic (exact) mass is 296 g/mol. The smallest absolute Gasteiger partial charge is 0.330 e. The lowest BCUT2D eigenvalue weighted by Gasteiger charge is -2.24. The summed E-state index contributed by atoms with van der Waals surface area (Å²) in [5, 5.41) is 10.3. The molecule has 2 fully saturated rings. The first-order valence-electron chi connectivity index (χ1n) is 6.91. The molecule has 3 aliphatic rings. The van der Waals surface area contributed by atoms with E-state index < -0.39 is 35.5 Å². The molecule has 0 radical (unpaired) electrons. The number of H-pyrrole nitrogens is 1. The van der Waals surface area contributed by atoms with Gasteiger partial charge < -0.3 is 19.3 Å². The van der Waals surface area contributed by atoms with E-state index in [1.165, 1.54) is 10.6 Å². The second kappa shape index (κ2) is 4.04. The molecular weight excluding hydrogens is 280 g/mol. The van der Waals surface area contributed by atoms with Gasteiger partial charge in [0.25, 0.3) is 5.56 Å². The molecule has 0 unspecified atom stereocenters. The second-order valence-electron chi connectivity index (χ2n) is 6.11. The van der Waals surface area contributed by atoms with Gasteiger partial charge in [-0.15, -0.1) is 0 Å². The highest BCUT2D eigenvalue weighted by atomic mass is 16.8. The van der Waals surface area contributed by atoms with Crippen LogP contribution < -0.4 is 11.2 Å². The lowest BCUT2D eigenvalue weighted by atomic mass is 10.00. The van der Waals surface area contributed by atoms with Crippen molar-refractivity contribution in [2.24, 2.45) is 0 Å². The van der Waals surface area contributed by atoms with Gasteiger partial charge in [0, 0.05) is 12.5 Å². The number of aromatic nitrogens is 2. The van der Waals surface area contributed by atoms with Crippen molar-refractivity contribution in [3.63, 3.8) is 0 Å². The molecule has 3 aliphatic heterocycles. The summed E-state index contributed by atoms with van der Waals surface area (Å²) in [6.45, 7) is 3.59. The van der Waals surface area contributed by atoms with Crippen LogP contribution in [0.3, 0.4) is 0 Å². The summed E-state index contributed by atoms with van der Waals surface area (Å²) in [5.41, 5.74) is -0.900. The Morgan fingerprint density at radius 2 is 2.05 bits per heavy atom. The Morgan fingerprint density at radius 3 is 2.81 bits per heavy atom. The van der Waals surface area contributed by atoms with Crippen molar-refractivity contribution >= 4 is 0 Å². The van der Waals surface area contributed by atoms with Crippen molar-refractivity contribution in [3.8, 4) is 0 Å². The van der Waals surface area contributed by atoms with Gasteiger partial charge in [-0.2, -0.15) is 0 Å². The predicted molar refractivity (Wildman–Crippen MR) is 68.6 cm³/mol. The molecule has 4 rings (SSSR count). The fraction of sp³-hybridized carbons (Fsp3) is 0.692. The van der Waals surface area contributed by atoms with Crippen LogP contribution in [-0.4, -0.2) is 38.8 Å². The van der Waals surface area contributed by atoms with E-state index in [1.807, 2.05) is 0 Å². The van der Waals surface area contributed by atoms with Crippen LogP contribution in [0.1, 0.15) is 38.3 Å². The van der Waals surface area contributed by atoms with E-state index in [0.29, 0.717) is 0 Å². The van der Waals surface area contributed by atoms with Crippen molar-refractivity contribution in [2.75, 3.05) is 0 Å². The van der Waals surface area contributed by atoms with E-state index in [-0.39, 0.29) is 24.3 Å². The third-order valence-electron chi connectivity index (χ3n) is 4.18. The van der Waals surface area contributed by atoms with Gasteiger partial charge in [-0.25, -0.2) is 4.79 Å². The summed E-state index contributed by atoms with van der Waals surface area (Å²) in [7, 11) is 0. The van der Waals surface area contributed by atoms with Crippen molar-refractivity contribution < 1.29 is 19.3 Å². The highest BCUT2D eigenvalue weighted by Crippen LogP contribution is 2.47. The molecular formula is C13H16N2O6. The lowest BCUT2D eigenvalue weighted by molar-refractivity contribution is -0.196. The first kappa shape index (κ1) is 13.2. The summed E-state index contributed by atoms with van der Waals surface area (Å²) in [6, 6.07) is 1.23. The van der Waals surface area contributed by atoms with Crippen LogP contribution >= 0.6 is 0 Å². The number of nitrogens with one attached hydrogen (secondary N) is 1. The number of hydrogen-bond acceptors (Lipinski definition) is 6. The summed E-state index contributed by atoms with van der Waals surface area (Å²) in [6.07, 6.45) is -2.58. The van der Waals surface area contributed by atoms with E-state index in [0.717, 1.165) is 0 Å². The highest BCUT2D eigenvalue weighted by molar-refractivity contribution is 5.13. The van der Waals surface area contributed by atoms with Crippen LogP contribution in [0.25, 0.3) is 0 Å². The fourth-order valence-corrected chi connectivity index (χ4v) is 3.44. The number of ether oxygens (including phenoxy) is 3. The van der Waals surface area contributed by atoms with Crippen molar-refractivity contribution in [1.29, 1.82) is 0 Å². The van der Waals surface area contributed by atoms with Crippen LogP contribution in [0.2, 0.25) is 0 Å². The number of nitrogens with zero attached hydrogens (tertiary/aromatic N) is 1. The maximum absolute atomic E-state index is 12.1.